The molecule has 0 aliphatic heterocycles. The van der Waals surface area contributed by atoms with E-state index in [0.29, 0.717) is 18.4 Å². The van der Waals surface area contributed by atoms with Crippen molar-refractivity contribution in [3.05, 3.63) is 54.0 Å². The molecular formula is C20H27ClFN7. The molecule has 29 heavy (non-hydrogen) atoms. The predicted molar refractivity (Wildman–Crippen MR) is 114 cm³/mol. The maximum absolute atomic E-state index is 10.6. The van der Waals surface area contributed by atoms with Gasteiger partial charge in [0.15, 0.2) is 11.5 Å². The molecule has 0 unspecified atom stereocenters. The highest BCUT2D eigenvalue weighted by molar-refractivity contribution is 6.16. The average Bonchev–Trinajstić information content (AvgIpc) is 3.37. The van der Waals surface area contributed by atoms with Crippen molar-refractivity contribution in [2.24, 2.45) is 4.99 Å². The van der Waals surface area contributed by atoms with E-state index in [0.717, 1.165) is 49.1 Å². The second-order valence-electron chi connectivity index (χ2n) is 6.33. The van der Waals surface area contributed by atoms with Crippen LogP contribution in [0, 0.1) is 0 Å². The number of nitrogens with zero attached hydrogens (tertiary/aromatic N) is 7. The number of aliphatic imine (C=N–C) groups is 1. The van der Waals surface area contributed by atoms with Gasteiger partial charge >= 0.3 is 0 Å². The number of allylic oxidation sites excluding steroid dienone is 1. The summed E-state index contributed by atoms with van der Waals surface area (Å²) in [5, 5.41) is 8.64. The summed E-state index contributed by atoms with van der Waals surface area (Å²) < 4.78 is 14.2. The molecule has 0 spiro atoms. The summed E-state index contributed by atoms with van der Waals surface area (Å²) >= 11 is 5.89. The quantitative estimate of drug-likeness (QED) is 0.283. The molecule has 0 saturated carbocycles. The zero-order valence-electron chi connectivity index (χ0n) is 16.8. The van der Waals surface area contributed by atoms with Gasteiger partial charge in [0.25, 0.3) is 0 Å². The summed E-state index contributed by atoms with van der Waals surface area (Å²) in [6, 6.07) is 2.01. The van der Waals surface area contributed by atoms with Gasteiger partial charge in [-0.1, -0.05) is 19.4 Å². The Hall–Kier alpha value is -2.61. The zero-order chi connectivity index (χ0) is 21.1. The normalized spacial score (nSPS) is 10.6. The Morgan fingerprint density at radius 1 is 1.31 bits per heavy atom. The molecule has 3 aromatic rings. The van der Waals surface area contributed by atoms with E-state index in [4.69, 9.17) is 11.6 Å². The Morgan fingerprint density at radius 2 is 2.10 bits per heavy atom. The molecule has 3 heterocycles. The lowest BCUT2D eigenvalue weighted by Crippen LogP contribution is -2.08. The lowest BCUT2D eigenvalue weighted by Gasteiger charge is -2.10. The number of alkyl halides is 2. The number of fused-ring (bicyclic) bond motifs is 1. The van der Waals surface area contributed by atoms with Crippen LogP contribution in [0.3, 0.4) is 0 Å². The summed E-state index contributed by atoms with van der Waals surface area (Å²) in [7, 11) is 0. The Labute approximate surface area is 175 Å². The zero-order valence-corrected chi connectivity index (χ0v) is 17.5. The molecule has 3 aromatic heterocycles. The second-order valence-corrected chi connectivity index (χ2v) is 6.60. The highest BCUT2D eigenvalue weighted by atomic mass is 35.5. The van der Waals surface area contributed by atoms with E-state index in [1.165, 1.54) is 11.6 Å². The average molecular weight is 420 g/mol. The fourth-order valence-corrected chi connectivity index (χ4v) is 3.02. The van der Waals surface area contributed by atoms with E-state index >= 15 is 0 Å². The van der Waals surface area contributed by atoms with Crippen LogP contribution in [0.1, 0.15) is 42.5 Å². The minimum Gasteiger partial charge on any atom is -0.278 e. The van der Waals surface area contributed by atoms with Crippen LogP contribution in [0.4, 0.5) is 4.39 Å². The highest BCUT2D eigenvalue weighted by Gasteiger charge is 2.14. The van der Waals surface area contributed by atoms with E-state index in [2.05, 4.69) is 45.4 Å². The van der Waals surface area contributed by atoms with Crippen molar-refractivity contribution in [1.82, 2.24) is 29.4 Å². The molecule has 0 amide bonds. The molecule has 0 aliphatic carbocycles. The molecular weight excluding hydrogens is 393 g/mol. The first kappa shape index (κ1) is 22.7. The molecule has 7 nitrogen and oxygen atoms in total. The molecule has 0 saturated heterocycles. The van der Waals surface area contributed by atoms with Crippen molar-refractivity contribution in [3.63, 3.8) is 0 Å². The van der Waals surface area contributed by atoms with Crippen molar-refractivity contribution in [2.75, 3.05) is 6.67 Å². The van der Waals surface area contributed by atoms with Crippen LogP contribution in [0.15, 0.2) is 36.2 Å². The maximum atomic E-state index is 10.6. The van der Waals surface area contributed by atoms with Crippen LogP contribution in [0.25, 0.3) is 5.65 Å². The summed E-state index contributed by atoms with van der Waals surface area (Å²) in [4.78, 5) is 13.1. The number of aryl methyl sites for hydroxylation is 3. The molecule has 0 bridgehead atoms. The molecule has 9 heteroatoms. The van der Waals surface area contributed by atoms with Crippen molar-refractivity contribution in [3.8, 4) is 0 Å². The van der Waals surface area contributed by atoms with E-state index in [1.54, 1.807) is 17.0 Å². The number of rotatable bonds is 10. The lowest BCUT2D eigenvalue weighted by molar-refractivity contribution is 0.562. The van der Waals surface area contributed by atoms with Gasteiger partial charge in [-0.3, -0.25) is 4.99 Å². The number of unbranched alkanes of at least 4 members (excludes halogenated alkanes) is 1. The van der Waals surface area contributed by atoms with Gasteiger partial charge in [0, 0.05) is 23.1 Å². The SMILES string of the molecule is C=CCF.C=NCn1nccc1CCc1ncn2nc(CCl)nc2c1CCCC. The summed E-state index contributed by atoms with van der Waals surface area (Å²) in [6.07, 6.45) is 9.55. The minimum atomic E-state index is -0.417. The van der Waals surface area contributed by atoms with Crippen LogP contribution in [-0.4, -0.2) is 42.8 Å². The number of hydrogen-bond acceptors (Lipinski definition) is 5. The first-order chi connectivity index (χ1) is 14.2. The highest BCUT2D eigenvalue weighted by Crippen LogP contribution is 2.18. The third-order valence-corrected chi connectivity index (χ3v) is 4.52. The van der Waals surface area contributed by atoms with Crippen molar-refractivity contribution < 1.29 is 4.39 Å². The molecule has 0 atom stereocenters. The van der Waals surface area contributed by atoms with E-state index in [1.807, 2.05) is 10.7 Å². The third kappa shape index (κ3) is 6.19. The van der Waals surface area contributed by atoms with Gasteiger partial charge in [-0.25, -0.2) is 23.6 Å². The predicted octanol–water partition coefficient (Wildman–Crippen LogP) is 3.99. The smallest absolute Gasteiger partial charge is 0.166 e. The maximum Gasteiger partial charge on any atom is 0.166 e. The Morgan fingerprint density at radius 3 is 2.76 bits per heavy atom. The van der Waals surface area contributed by atoms with E-state index < -0.39 is 6.67 Å². The molecule has 0 radical (unpaired) electrons. The van der Waals surface area contributed by atoms with Gasteiger partial charge in [0.1, 0.15) is 19.7 Å². The Kier molecular flexibility index (Phi) is 9.43. The standard InChI is InChI=1S/C17H22ClN7.C3H5F/c1-3-4-5-14-15(7-6-13-8-9-21-24(13)11-19-2)20-12-25-17(14)22-16(10-18)23-25;1-2-3-4/h8-9,12H,2-7,10-11H2,1H3;2H,1,3H2. The Balaban J connectivity index is 0.000000687. The molecule has 0 N–H and O–H groups in total. The van der Waals surface area contributed by atoms with Crippen molar-refractivity contribution in [1.29, 1.82) is 0 Å². The first-order valence-electron chi connectivity index (χ1n) is 9.56. The van der Waals surface area contributed by atoms with Gasteiger partial charge in [-0.05, 0) is 38.5 Å². The van der Waals surface area contributed by atoms with Crippen molar-refractivity contribution in [2.45, 2.75) is 51.6 Å². The number of halogens is 2. The molecule has 156 valence electrons. The molecule has 0 aliphatic rings. The van der Waals surface area contributed by atoms with E-state index in [-0.39, 0.29) is 0 Å². The topological polar surface area (TPSA) is 73.3 Å². The molecule has 3 rings (SSSR count). The van der Waals surface area contributed by atoms with Crippen LogP contribution in [0.5, 0.6) is 0 Å². The van der Waals surface area contributed by atoms with Crippen LogP contribution >= 0.6 is 11.6 Å². The summed E-state index contributed by atoms with van der Waals surface area (Å²) in [6.45, 7) is 8.88. The molecule has 0 aromatic carbocycles. The van der Waals surface area contributed by atoms with Crippen LogP contribution in [0.2, 0.25) is 0 Å². The fraction of sp³-hybridized carbons (Fsp3) is 0.450. The molecule has 0 fully saturated rings. The third-order valence-electron chi connectivity index (χ3n) is 4.28. The van der Waals surface area contributed by atoms with Crippen LogP contribution < -0.4 is 0 Å². The monoisotopic (exact) mass is 419 g/mol. The van der Waals surface area contributed by atoms with Crippen molar-refractivity contribution >= 4 is 24.0 Å². The first-order valence-corrected chi connectivity index (χ1v) is 10.1. The van der Waals surface area contributed by atoms with Crippen LogP contribution in [-0.2, 0) is 31.8 Å². The summed E-state index contributed by atoms with van der Waals surface area (Å²) in [5.41, 5.74) is 4.23. The summed E-state index contributed by atoms with van der Waals surface area (Å²) in [5.74, 6) is 0.936. The fourth-order valence-electron chi connectivity index (χ4n) is 2.91. The lowest BCUT2D eigenvalue weighted by atomic mass is 10.0. The van der Waals surface area contributed by atoms with Gasteiger partial charge in [-0.15, -0.1) is 23.3 Å². The van der Waals surface area contributed by atoms with Gasteiger partial charge in [0.2, 0.25) is 0 Å². The van der Waals surface area contributed by atoms with Gasteiger partial charge in [0.05, 0.1) is 5.88 Å². The van der Waals surface area contributed by atoms with E-state index in [9.17, 15) is 4.39 Å². The van der Waals surface area contributed by atoms with Gasteiger partial charge < -0.3 is 0 Å². The second kappa shape index (κ2) is 12.1. The Bertz CT molecular complexity index is 919. The largest absolute Gasteiger partial charge is 0.278 e. The van der Waals surface area contributed by atoms with Gasteiger partial charge in [-0.2, -0.15) is 5.10 Å². The minimum absolute atomic E-state index is 0.304. The number of hydrogen-bond donors (Lipinski definition) is 0. The number of aromatic nitrogens is 6.